The number of aromatic nitrogens is 1. The Balaban J connectivity index is 2.33. The first-order valence-electron chi connectivity index (χ1n) is 5.01. The van der Waals surface area contributed by atoms with Crippen LogP contribution >= 0.6 is 15.9 Å². The molecule has 1 nitrogen and oxygen atoms in total. The Morgan fingerprint density at radius 1 is 1.36 bits per heavy atom. The lowest BCUT2D eigenvalue weighted by Crippen LogP contribution is -1.92. The number of benzene rings is 1. The van der Waals surface area contributed by atoms with Gasteiger partial charge in [-0.3, -0.25) is 0 Å². The Hall–Kier alpha value is -0.760. The molecule has 72 valence electrons. The Kier molecular flexibility index (Phi) is 1.75. The fraction of sp³-hybridized carbons (Fsp3) is 0.333. The second kappa shape index (κ2) is 2.86. The van der Waals surface area contributed by atoms with Gasteiger partial charge in [-0.15, -0.1) is 0 Å². The zero-order chi connectivity index (χ0) is 9.71. The van der Waals surface area contributed by atoms with E-state index in [1.54, 1.807) is 0 Å². The fourth-order valence-corrected chi connectivity index (χ4v) is 2.59. The van der Waals surface area contributed by atoms with E-state index >= 15 is 0 Å². The molecule has 0 saturated heterocycles. The maximum absolute atomic E-state index is 3.60. The van der Waals surface area contributed by atoms with Gasteiger partial charge in [0.15, 0.2) is 0 Å². The summed E-state index contributed by atoms with van der Waals surface area (Å²) >= 11 is 3.60. The smallest absolute Gasteiger partial charge is 0.0491 e. The molecular formula is C12H12BrN. The average molecular weight is 250 g/mol. The van der Waals surface area contributed by atoms with E-state index in [-0.39, 0.29) is 0 Å². The first-order valence-corrected chi connectivity index (χ1v) is 5.80. The molecule has 1 aliphatic rings. The zero-order valence-corrected chi connectivity index (χ0v) is 9.71. The highest BCUT2D eigenvalue weighted by atomic mass is 79.9. The summed E-state index contributed by atoms with van der Waals surface area (Å²) in [5.74, 6) is 0.819. The third-order valence-electron chi connectivity index (χ3n) is 3.07. The molecule has 1 heterocycles. The summed E-state index contributed by atoms with van der Waals surface area (Å²) in [5, 5.41) is 1.34. The molecule has 0 unspecified atom stereocenters. The Morgan fingerprint density at radius 3 is 2.79 bits per heavy atom. The van der Waals surface area contributed by atoms with Crippen molar-refractivity contribution in [1.29, 1.82) is 0 Å². The Morgan fingerprint density at radius 2 is 2.14 bits per heavy atom. The van der Waals surface area contributed by atoms with Gasteiger partial charge >= 0.3 is 0 Å². The fourth-order valence-electron chi connectivity index (χ4n) is 2.12. The van der Waals surface area contributed by atoms with Crippen molar-refractivity contribution in [3.8, 4) is 0 Å². The van der Waals surface area contributed by atoms with Crippen molar-refractivity contribution in [2.75, 3.05) is 0 Å². The van der Waals surface area contributed by atoms with Crippen LogP contribution in [0.1, 0.15) is 24.5 Å². The Labute approximate surface area is 91.9 Å². The van der Waals surface area contributed by atoms with Gasteiger partial charge in [0.25, 0.3) is 0 Å². The van der Waals surface area contributed by atoms with E-state index in [0.29, 0.717) is 0 Å². The van der Waals surface area contributed by atoms with Gasteiger partial charge in [-0.25, -0.2) is 0 Å². The largest absolute Gasteiger partial charge is 0.347 e. The molecule has 0 N–H and O–H groups in total. The van der Waals surface area contributed by atoms with Gasteiger partial charge < -0.3 is 4.57 Å². The van der Waals surface area contributed by atoms with Crippen LogP contribution in [0.4, 0.5) is 0 Å². The van der Waals surface area contributed by atoms with Crippen LogP contribution in [0.15, 0.2) is 28.7 Å². The van der Waals surface area contributed by atoms with Crippen LogP contribution in [0.25, 0.3) is 10.9 Å². The predicted molar refractivity (Wildman–Crippen MR) is 62.6 cm³/mol. The van der Waals surface area contributed by atoms with Gasteiger partial charge in [0.05, 0.1) is 0 Å². The minimum Gasteiger partial charge on any atom is -0.347 e. The van der Waals surface area contributed by atoms with E-state index in [2.05, 4.69) is 51.8 Å². The van der Waals surface area contributed by atoms with Gasteiger partial charge in [0, 0.05) is 28.1 Å². The highest BCUT2D eigenvalue weighted by Crippen LogP contribution is 2.42. The van der Waals surface area contributed by atoms with Gasteiger partial charge in [0.1, 0.15) is 0 Å². The molecule has 14 heavy (non-hydrogen) atoms. The minimum absolute atomic E-state index is 0.819. The number of hydrogen-bond donors (Lipinski definition) is 0. The van der Waals surface area contributed by atoms with Crippen LogP contribution in [-0.4, -0.2) is 4.57 Å². The lowest BCUT2D eigenvalue weighted by atomic mass is 10.2. The van der Waals surface area contributed by atoms with Crippen LogP contribution in [0.5, 0.6) is 0 Å². The number of fused-ring (bicyclic) bond motifs is 1. The van der Waals surface area contributed by atoms with E-state index in [9.17, 15) is 0 Å². The number of aryl methyl sites for hydroxylation is 1. The maximum atomic E-state index is 3.60. The van der Waals surface area contributed by atoms with Gasteiger partial charge in [-0.2, -0.15) is 0 Å². The topological polar surface area (TPSA) is 4.93 Å². The third kappa shape index (κ3) is 1.13. The molecule has 1 aromatic carbocycles. The molecule has 2 aromatic rings. The summed E-state index contributed by atoms with van der Waals surface area (Å²) in [6.07, 6.45) is 2.73. The van der Waals surface area contributed by atoms with Gasteiger partial charge in [-0.05, 0) is 37.0 Å². The first-order chi connectivity index (χ1) is 6.77. The van der Waals surface area contributed by atoms with Crippen molar-refractivity contribution < 1.29 is 0 Å². The second-order valence-electron chi connectivity index (χ2n) is 4.08. The summed E-state index contributed by atoms with van der Waals surface area (Å²) in [7, 11) is 2.17. The van der Waals surface area contributed by atoms with E-state index in [1.165, 1.54) is 33.9 Å². The van der Waals surface area contributed by atoms with Crippen molar-refractivity contribution in [2.45, 2.75) is 18.8 Å². The van der Waals surface area contributed by atoms with Crippen LogP contribution in [-0.2, 0) is 7.05 Å². The number of nitrogens with zero attached hydrogens (tertiary/aromatic N) is 1. The monoisotopic (exact) mass is 249 g/mol. The SMILES string of the molecule is Cn1c(C2CC2)cc2c(Br)cccc21. The molecule has 1 aliphatic carbocycles. The predicted octanol–water partition coefficient (Wildman–Crippen LogP) is 3.82. The molecule has 0 atom stereocenters. The average Bonchev–Trinajstić information content (AvgIpc) is 2.94. The summed E-state index contributed by atoms with van der Waals surface area (Å²) in [6.45, 7) is 0. The molecule has 3 rings (SSSR count). The molecule has 1 aromatic heterocycles. The quantitative estimate of drug-likeness (QED) is 0.725. The molecule has 1 saturated carbocycles. The van der Waals surface area contributed by atoms with Crippen molar-refractivity contribution >= 4 is 26.8 Å². The van der Waals surface area contributed by atoms with Crippen molar-refractivity contribution in [2.24, 2.45) is 7.05 Å². The highest BCUT2D eigenvalue weighted by molar-refractivity contribution is 9.10. The normalized spacial score (nSPS) is 16.4. The van der Waals surface area contributed by atoms with Crippen LogP contribution in [0, 0.1) is 0 Å². The highest BCUT2D eigenvalue weighted by Gasteiger charge is 2.27. The minimum atomic E-state index is 0.819. The molecule has 0 bridgehead atoms. The number of halogens is 1. The second-order valence-corrected chi connectivity index (χ2v) is 4.93. The Bertz CT molecular complexity index is 494. The van der Waals surface area contributed by atoms with E-state index in [4.69, 9.17) is 0 Å². The summed E-state index contributed by atoms with van der Waals surface area (Å²) < 4.78 is 3.54. The van der Waals surface area contributed by atoms with Gasteiger partial charge in [0.2, 0.25) is 0 Å². The van der Waals surface area contributed by atoms with Crippen molar-refractivity contribution in [3.05, 3.63) is 34.4 Å². The molecule has 0 aliphatic heterocycles. The molecule has 1 fully saturated rings. The molecule has 0 amide bonds. The lowest BCUT2D eigenvalue weighted by molar-refractivity contribution is 0.857. The summed E-state index contributed by atoms with van der Waals surface area (Å²) in [6, 6.07) is 8.73. The van der Waals surface area contributed by atoms with Crippen LogP contribution < -0.4 is 0 Å². The van der Waals surface area contributed by atoms with E-state index in [0.717, 1.165) is 5.92 Å². The first kappa shape index (κ1) is 8.54. The molecular weight excluding hydrogens is 238 g/mol. The van der Waals surface area contributed by atoms with Crippen LogP contribution in [0.2, 0.25) is 0 Å². The van der Waals surface area contributed by atoms with Gasteiger partial charge in [-0.1, -0.05) is 22.0 Å². The molecule has 0 radical (unpaired) electrons. The summed E-state index contributed by atoms with van der Waals surface area (Å²) in [5.41, 5.74) is 2.83. The van der Waals surface area contributed by atoms with Crippen LogP contribution in [0.3, 0.4) is 0 Å². The number of rotatable bonds is 1. The van der Waals surface area contributed by atoms with Crippen molar-refractivity contribution in [1.82, 2.24) is 4.57 Å². The zero-order valence-electron chi connectivity index (χ0n) is 8.13. The standard InChI is InChI=1S/C12H12BrN/c1-14-11-4-2-3-10(13)9(11)7-12(14)8-5-6-8/h2-4,7-8H,5-6H2,1H3. The molecule has 0 spiro atoms. The third-order valence-corrected chi connectivity index (χ3v) is 3.76. The summed E-state index contributed by atoms with van der Waals surface area (Å²) in [4.78, 5) is 0. The van der Waals surface area contributed by atoms with Crippen molar-refractivity contribution in [3.63, 3.8) is 0 Å². The number of hydrogen-bond acceptors (Lipinski definition) is 0. The van der Waals surface area contributed by atoms with E-state index in [1.807, 2.05) is 0 Å². The lowest BCUT2D eigenvalue weighted by Gasteiger charge is -2.01. The maximum Gasteiger partial charge on any atom is 0.0491 e. The van der Waals surface area contributed by atoms with E-state index < -0.39 is 0 Å². The molecule has 2 heteroatoms.